The summed E-state index contributed by atoms with van der Waals surface area (Å²) in [6.07, 6.45) is 3.06. The summed E-state index contributed by atoms with van der Waals surface area (Å²) >= 11 is 1.70. The molecule has 0 atom stereocenters. The fraction of sp³-hybridized carbons (Fsp3) is 0.235. The molecule has 0 aliphatic heterocycles. The molecular weight excluding hydrogens is 314 g/mol. The summed E-state index contributed by atoms with van der Waals surface area (Å²) in [4.78, 5) is 7.59. The Hall–Kier alpha value is -1.65. The summed E-state index contributed by atoms with van der Waals surface area (Å²) in [7, 11) is 1.94. The molecule has 0 aliphatic carbocycles. The zero-order valence-corrected chi connectivity index (χ0v) is 14.7. The summed E-state index contributed by atoms with van der Waals surface area (Å²) in [5.41, 5.74) is 9.35. The van der Waals surface area contributed by atoms with Gasteiger partial charge in [0.25, 0.3) is 0 Å². The molecule has 0 fully saturated rings. The molecular formula is C17H22ClN3S. The molecule has 0 saturated heterocycles. The predicted octanol–water partition coefficient (Wildman–Crippen LogP) is 4.48. The summed E-state index contributed by atoms with van der Waals surface area (Å²) in [5, 5.41) is 0. The van der Waals surface area contributed by atoms with Crippen LogP contribution in [0, 0.1) is 0 Å². The van der Waals surface area contributed by atoms with E-state index in [0.29, 0.717) is 5.96 Å². The fourth-order valence-corrected chi connectivity index (χ4v) is 2.46. The molecule has 5 heteroatoms. The molecule has 118 valence electrons. The van der Waals surface area contributed by atoms with Crippen molar-refractivity contribution in [2.45, 2.75) is 18.2 Å². The first kappa shape index (κ1) is 18.4. The van der Waals surface area contributed by atoms with Gasteiger partial charge in [0.2, 0.25) is 5.96 Å². The highest BCUT2D eigenvalue weighted by molar-refractivity contribution is 7.98. The standard InChI is InChI=1S/C17H21N3S.ClH/c1-4-13-7-5-9-15(11-13)20(2)17(18)19-14-8-6-10-16(12-14)21-3;/h5-12H,4H2,1-3H3,(H2,18,19);1H. The predicted molar refractivity (Wildman–Crippen MR) is 101 cm³/mol. The van der Waals surface area contributed by atoms with E-state index in [4.69, 9.17) is 5.73 Å². The number of aliphatic imine (C=N–C) groups is 1. The molecule has 0 aromatic heterocycles. The Morgan fingerprint density at radius 1 is 1.18 bits per heavy atom. The highest BCUT2D eigenvalue weighted by Crippen LogP contribution is 2.22. The minimum Gasteiger partial charge on any atom is -0.369 e. The maximum absolute atomic E-state index is 6.13. The van der Waals surface area contributed by atoms with Gasteiger partial charge in [-0.05, 0) is 48.6 Å². The summed E-state index contributed by atoms with van der Waals surface area (Å²) in [6.45, 7) is 2.14. The lowest BCUT2D eigenvalue weighted by molar-refractivity contribution is 1.13. The van der Waals surface area contributed by atoms with Crippen LogP contribution in [0.3, 0.4) is 0 Å². The molecule has 0 heterocycles. The topological polar surface area (TPSA) is 41.6 Å². The number of guanidine groups is 1. The minimum atomic E-state index is 0. The molecule has 0 saturated carbocycles. The number of halogens is 1. The van der Waals surface area contributed by atoms with E-state index >= 15 is 0 Å². The smallest absolute Gasteiger partial charge is 0.200 e. The van der Waals surface area contributed by atoms with Crippen LogP contribution in [0.5, 0.6) is 0 Å². The maximum atomic E-state index is 6.13. The first-order valence-corrected chi connectivity index (χ1v) is 8.17. The van der Waals surface area contributed by atoms with Crippen molar-refractivity contribution in [3.05, 3.63) is 54.1 Å². The monoisotopic (exact) mass is 335 g/mol. The van der Waals surface area contributed by atoms with Crippen molar-refractivity contribution >= 4 is 41.5 Å². The van der Waals surface area contributed by atoms with E-state index in [9.17, 15) is 0 Å². The second-order valence-corrected chi connectivity index (χ2v) is 5.63. The molecule has 0 spiro atoms. The van der Waals surface area contributed by atoms with Gasteiger partial charge in [0.05, 0.1) is 5.69 Å². The van der Waals surface area contributed by atoms with Crippen molar-refractivity contribution in [3.63, 3.8) is 0 Å². The Kier molecular flexibility index (Phi) is 7.28. The molecule has 2 rings (SSSR count). The Balaban J connectivity index is 0.00000242. The van der Waals surface area contributed by atoms with Crippen LogP contribution in [0.4, 0.5) is 11.4 Å². The number of nitrogens with zero attached hydrogens (tertiary/aromatic N) is 2. The Labute approximate surface area is 143 Å². The molecule has 0 aliphatic rings. The Morgan fingerprint density at radius 2 is 1.91 bits per heavy atom. The van der Waals surface area contributed by atoms with Gasteiger partial charge in [-0.3, -0.25) is 0 Å². The molecule has 2 aromatic rings. The summed E-state index contributed by atoms with van der Waals surface area (Å²) in [5.74, 6) is 0.488. The quantitative estimate of drug-likeness (QED) is 0.509. The lowest BCUT2D eigenvalue weighted by Gasteiger charge is -2.19. The number of anilines is 1. The number of thioether (sulfide) groups is 1. The highest BCUT2D eigenvalue weighted by atomic mass is 35.5. The van der Waals surface area contributed by atoms with Crippen molar-refractivity contribution in [3.8, 4) is 0 Å². The van der Waals surface area contributed by atoms with Crippen molar-refractivity contribution < 1.29 is 0 Å². The number of aryl methyl sites for hydroxylation is 1. The van der Waals surface area contributed by atoms with E-state index in [2.05, 4.69) is 36.4 Å². The zero-order valence-electron chi connectivity index (χ0n) is 13.1. The van der Waals surface area contributed by atoms with Crippen LogP contribution in [-0.2, 0) is 6.42 Å². The van der Waals surface area contributed by atoms with Gasteiger partial charge in [-0.2, -0.15) is 0 Å². The van der Waals surface area contributed by atoms with Crippen molar-refractivity contribution in [1.82, 2.24) is 0 Å². The van der Waals surface area contributed by atoms with E-state index in [1.165, 1.54) is 10.5 Å². The fourth-order valence-electron chi connectivity index (χ4n) is 2.00. The van der Waals surface area contributed by atoms with Crippen molar-refractivity contribution in [2.24, 2.45) is 10.7 Å². The maximum Gasteiger partial charge on any atom is 0.200 e. The summed E-state index contributed by atoms with van der Waals surface area (Å²) in [6, 6.07) is 16.4. The molecule has 3 nitrogen and oxygen atoms in total. The van der Waals surface area contributed by atoms with Gasteiger partial charge in [-0.1, -0.05) is 25.1 Å². The van der Waals surface area contributed by atoms with Gasteiger partial charge in [0.1, 0.15) is 0 Å². The van der Waals surface area contributed by atoms with Gasteiger partial charge in [-0.15, -0.1) is 24.2 Å². The lowest BCUT2D eigenvalue weighted by Crippen LogP contribution is -2.33. The normalized spacial score (nSPS) is 11.0. The first-order valence-electron chi connectivity index (χ1n) is 6.95. The van der Waals surface area contributed by atoms with Crippen LogP contribution < -0.4 is 10.6 Å². The summed E-state index contributed by atoms with van der Waals surface area (Å²) < 4.78 is 0. The van der Waals surface area contributed by atoms with Crippen LogP contribution in [0.25, 0.3) is 0 Å². The molecule has 2 N–H and O–H groups in total. The van der Waals surface area contributed by atoms with E-state index in [1.807, 2.05) is 42.3 Å². The molecule has 0 amide bonds. The molecule has 2 aromatic carbocycles. The van der Waals surface area contributed by atoms with E-state index in [0.717, 1.165) is 17.8 Å². The number of hydrogen-bond donors (Lipinski definition) is 1. The minimum absolute atomic E-state index is 0. The number of rotatable bonds is 4. The zero-order chi connectivity index (χ0) is 15.2. The van der Waals surface area contributed by atoms with Crippen molar-refractivity contribution in [2.75, 3.05) is 18.2 Å². The SMILES string of the molecule is CCc1cccc(N(C)C(N)=Nc2cccc(SC)c2)c1.Cl. The highest BCUT2D eigenvalue weighted by Gasteiger charge is 2.06. The second-order valence-electron chi connectivity index (χ2n) is 4.75. The van der Waals surface area contributed by atoms with Crippen LogP contribution in [0.2, 0.25) is 0 Å². The van der Waals surface area contributed by atoms with Gasteiger partial charge in [-0.25, -0.2) is 4.99 Å². The molecule has 0 radical (unpaired) electrons. The van der Waals surface area contributed by atoms with Gasteiger partial charge < -0.3 is 10.6 Å². The molecule has 22 heavy (non-hydrogen) atoms. The van der Waals surface area contributed by atoms with Crippen LogP contribution in [0.15, 0.2) is 58.4 Å². The molecule has 0 unspecified atom stereocenters. The van der Waals surface area contributed by atoms with Gasteiger partial charge in [0, 0.05) is 17.6 Å². The van der Waals surface area contributed by atoms with Crippen LogP contribution in [0.1, 0.15) is 12.5 Å². The van der Waals surface area contributed by atoms with E-state index in [-0.39, 0.29) is 12.4 Å². The lowest BCUT2D eigenvalue weighted by atomic mass is 10.1. The third kappa shape index (κ3) is 4.68. The average Bonchev–Trinajstić information content (AvgIpc) is 2.54. The van der Waals surface area contributed by atoms with E-state index < -0.39 is 0 Å². The third-order valence-corrected chi connectivity index (χ3v) is 4.07. The van der Waals surface area contributed by atoms with Crippen molar-refractivity contribution in [1.29, 1.82) is 0 Å². The van der Waals surface area contributed by atoms with Crippen LogP contribution in [-0.4, -0.2) is 19.3 Å². The second kappa shape index (κ2) is 8.71. The third-order valence-electron chi connectivity index (χ3n) is 3.35. The van der Waals surface area contributed by atoms with E-state index in [1.54, 1.807) is 11.8 Å². The number of hydrogen-bond acceptors (Lipinski definition) is 2. The molecule has 0 bridgehead atoms. The first-order chi connectivity index (χ1) is 10.1. The number of nitrogens with two attached hydrogens (primary N) is 1. The van der Waals surface area contributed by atoms with Gasteiger partial charge >= 0.3 is 0 Å². The average molecular weight is 336 g/mol. The largest absolute Gasteiger partial charge is 0.369 e. The van der Waals surface area contributed by atoms with Gasteiger partial charge in [0.15, 0.2) is 0 Å². The number of benzene rings is 2. The van der Waals surface area contributed by atoms with Crippen LogP contribution >= 0.6 is 24.2 Å². The Bertz CT molecular complexity index is 643. The Morgan fingerprint density at radius 3 is 2.59 bits per heavy atom.